The maximum atomic E-state index is 13.4. The minimum atomic E-state index is -0.350. The summed E-state index contributed by atoms with van der Waals surface area (Å²) in [6.45, 7) is 2.94. The van der Waals surface area contributed by atoms with Crippen LogP contribution in [0.1, 0.15) is 33.0 Å². The van der Waals surface area contributed by atoms with Crippen LogP contribution in [0.3, 0.4) is 0 Å². The molecule has 172 valence electrons. The largest absolute Gasteiger partial charge is 0.496 e. The normalized spacial score (nSPS) is 13.1. The number of carbonyl (C=O) groups excluding carboxylic acids is 2. The van der Waals surface area contributed by atoms with Crippen molar-refractivity contribution in [2.45, 2.75) is 13.3 Å². The number of nitrogens with zero attached hydrogens (tertiary/aromatic N) is 2. The van der Waals surface area contributed by atoms with Crippen LogP contribution in [0.25, 0.3) is 11.0 Å². The zero-order valence-electron chi connectivity index (χ0n) is 18.9. The van der Waals surface area contributed by atoms with Crippen molar-refractivity contribution in [1.82, 2.24) is 9.97 Å². The summed E-state index contributed by atoms with van der Waals surface area (Å²) in [5, 5.41) is 2.91. The molecule has 2 heterocycles. The lowest BCUT2D eigenvalue weighted by atomic mass is 10.1. The summed E-state index contributed by atoms with van der Waals surface area (Å²) in [5.74, 6) is 1.22. The van der Waals surface area contributed by atoms with Crippen LogP contribution in [0.4, 0.5) is 11.4 Å². The molecule has 0 saturated heterocycles. The molecule has 8 heteroatoms. The van der Waals surface area contributed by atoms with Gasteiger partial charge in [-0.2, -0.15) is 0 Å². The van der Waals surface area contributed by atoms with E-state index in [0.29, 0.717) is 47.0 Å². The van der Waals surface area contributed by atoms with Gasteiger partial charge in [-0.15, -0.1) is 0 Å². The Balaban J connectivity index is 1.43. The minimum absolute atomic E-state index is 0.181. The monoisotopic (exact) mass is 456 g/mol. The van der Waals surface area contributed by atoms with Gasteiger partial charge in [0.25, 0.3) is 11.8 Å². The average Bonchev–Trinajstić information content (AvgIpc) is 3.11. The van der Waals surface area contributed by atoms with Crippen LogP contribution < -0.4 is 19.7 Å². The number of rotatable bonds is 4. The van der Waals surface area contributed by atoms with Gasteiger partial charge in [0, 0.05) is 12.1 Å². The van der Waals surface area contributed by atoms with E-state index in [-0.39, 0.29) is 11.8 Å². The highest BCUT2D eigenvalue weighted by Crippen LogP contribution is 2.32. The molecule has 4 aromatic rings. The quantitative estimate of drug-likeness (QED) is 0.469. The van der Waals surface area contributed by atoms with Crippen molar-refractivity contribution >= 4 is 34.2 Å². The van der Waals surface area contributed by atoms with Gasteiger partial charge in [-0.05, 0) is 55.8 Å². The Kier molecular flexibility index (Phi) is 5.63. The molecule has 0 fully saturated rings. The lowest BCUT2D eigenvalue weighted by molar-refractivity contribution is 0.0982. The summed E-state index contributed by atoms with van der Waals surface area (Å²) in [4.78, 5) is 35.8. The van der Waals surface area contributed by atoms with Gasteiger partial charge in [0.15, 0.2) is 0 Å². The molecule has 5 rings (SSSR count). The molecule has 1 aliphatic rings. The second-order valence-corrected chi connectivity index (χ2v) is 8.02. The fraction of sp³-hybridized carbons (Fsp3) is 0.192. The van der Waals surface area contributed by atoms with Crippen LogP contribution in [-0.2, 0) is 0 Å². The summed E-state index contributed by atoms with van der Waals surface area (Å²) in [7, 11) is 1.48. The Morgan fingerprint density at radius 3 is 2.82 bits per heavy atom. The summed E-state index contributed by atoms with van der Waals surface area (Å²) in [6, 6.07) is 17.9. The van der Waals surface area contributed by atoms with Crippen molar-refractivity contribution in [2.24, 2.45) is 0 Å². The predicted molar refractivity (Wildman–Crippen MR) is 130 cm³/mol. The predicted octanol–water partition coefficient (Wildman–Crippen LogP) is 4.56. The highest BCUT2D eigenvalue weighted by molar-refractivity contribution is 6.11. The first-order valence-electron chi connectivity index (χ1n) is 11.0. The first-order chi connectivity index (χ1) is 16.5. The van der Waals surface area contributed by atoms with Gasteiger partial charge in [0.1, 0.15) is 22.8 Å². The number of methoxy groups -OCH3 is 1. The van der Waals surface area contributed by atoms with Crippen molar-refractivity contribution in [3.05, 3.63) is 77.6 Å². The second-order valence-electron chi connectivity index (χ2n) is 8.02. The molecule has 0 saturated carbocycles. The van der Waals surface area contributed by atoms with E-state index in [4.69, 9.17) is 9.47 Å². The third kappa shape index (κ3) is 3.94. The second kappa shape index (κ2) is 8.90. The number of anilines is 2. The smallest absolute Gasteiger partial charge is 0.259 e. The molecule has 0 bridgehead atoms. The molecule has 0 radical (unpaired) electrons. The van der Waals surface area contributed by atoms with Gasteiger partial charge in [-0.1, -0.05) is 18.2 Å². The molecule has 2 N–H and O–H groups in total. The van der Waals surface area contributed by atoms with E-state index in [1.54, 1.807) is 29.2 Å². The standard InChI is InChI=1S/C26H24N4O4/c1-16-27-19-7-5-8-20(24(19)28-16)29-25(31)18-12-11-17(15-23(18)33-2)26(32)30-13-6-14-34-22-10-4-3-9-21(22)30/h3-5,7-12,15H,6,13-14H2,1-2H3,(H,27,28)(H,29,31). The molecular formula is C26H24N4O4. The first kappa shape index (κ1) is 21.5. The van der Waals surface area contributed by atoms with E-state index in [0.717, 1.165) is 23.4 Å². The molecule has 8 nitrogen and oxygen atoms in total. The van der Waals surface area contributed by atoms with E-state index in [9.17, 15) is 9.59 Å². The van der Waals surface area contributed by atoms with Crippen LogP contribution >= 0.6 is 0 Å². The number of aromatic nitrogens is 2. The maximum Gasteiger partial charge on any atom is 0.259 e. The highest BCUT2D eigenvalue weighted by atomic mass is 16.5. The molecule has 1 aliphatic heterocycles. The van der Waals surface area contributed by atoms with Gasteiger partial charge in [0.05, 0.1) is 36.2 Å². The zero-order valence-corrected chi connectivity index (χ0v) is 18.9. The number of hydrogen-bond acceptors (Lipinski definition) is 5. The zero-order chi connectivity index (χ0) is 23.7. The van der Waals surface area contributed by atoms with Crippen molar-refractivity contribution in [3.8, 4) is 11.5 Å². The molecule has 34 heavy (non-hydrogen) atoms. The minimum Gasteiger partial charge on any atom is -0.496 e. The van der Waals surface area contributed by atoms with Gasteiger partial charge < -0.3 is 24.7 Å². The molecule has 1 aromatic heterocycles. The van der Waals surface area contributed by atoms with Gasteiger partial charge >= 0.3 is 0 Å². The molecule has 2 amide bonds. The number of nitrogens with one attached hydrogen (secondary N) is 2. The number of ether oxygens (including phenoxy) is 2. The number of aromatic amines is 1. The number of para-hydroxylation sites is 3. The lowest BCUT2D eigenvalue weighted by Gasteiger charge is -2.22. The van der Waals surface area contributed by atoms with E-state index in [2.05, 4.69) is 15.3 Å². The molecule has 0 atom stereocenters. The molecule has 0 unspecified atom stereocenters. The number of H-pyrrole nitrogens is 1. The summed E-state index contributed by atoms with van der Waals surface area (Å²) < 4.78 is 11.3. The number of benzene rings is 3. The first-order valence-corrected chi connectivity index (χ1v) is 11.0. The number of imidazole rings is 1. The number of carbonyl (C=O) groups is 2. The Hall–Kier alpha value is -4.33. The molecule has 0 spiro atoms. The van der Waals surface area contributed by atoms with Crippen molar-refractivity contribution in [2.75, 3.05) is 30.5 Å². The van der Waals surface area contributed by atoms with Crippen molar-refractivity contribution < 1.29 is 19.1 Å². The maximum absolute atomic E-state index is 13.4. The lowest BCUT2D eigenvalue weighted by Crippen LogP contribution is -2.31. The third-order valence-electron chi connectivity index (χ3n) is 5.76. The third-order valence-corrected chi connectivity index (χ3v) is 5.76. The van der Waals surface area contributed by atoms with Crippen molar-refractivity contribution in [1.29, 1.82) is 0 Å². The fourth-order valence-electron chi connectivity index (χ4n) is 4.15. The van der Waals surface area contributed by atoms with Crippen LogP contribution in [-0.4, -0.2) is 42.0 Å². The fourth-order valence-corrected chi connectivity index (χ4v) is 4.15. The van der Waals surface area contributed by atoms with Gasteiger partial charge in [0.2, 0.25) is 0 Å². The van der Waals surface area contributed by atoms with Gasteiger partial charge in [-0.25, -0.2) is 4.98 Å². The van der Waals surface area contributed by atoms with Crippen LogP contribution in [0.15, 0.2) is 60.7 Å². The summed E-state index contributed by atoms with van der Waals surface area (Å²) in [6.07, 6.45) is 0.719. The number of amides is 2. The Labute approximate surface area is 196 Å². The molecular weight excluding hydrogens is 432 g/mol. The topological polar surface area (TPSA) is 96.5 Å². The van der Waals surface area contributed by atoms with Gasteiger partial charge in [-0.3, -0.25) is 9.59 Å². The van der Waals surface area contributed by atoms with E-state index in [1.807, 2.05) is 43.3 Å². The average molecular weight is 457 g/mol. The highest BCUT2D eigenvalue weighted by Gasteiger charge is 2.25. The Bertz CT molecular complexity index is 1390. The molecule has 3 aromatic carbocycles. The van der Waals surface area contributed by atoms with E-state index < -0.39 is 0 Å². The molecule has 0 aliphatic carbocycles. The van der Waals surface area contributed by atoms with Crippen LogP contribution in [0, 0.1) is 6.92 Å². The SMILES string of the molecule is COc1cc(C(=O)N2CCCOc3ccccc32)ccc1C(=O)Nc1cccc2[nH]c(C)nc12. The van der Waals surface area contributed by atoms with Crippen molar-refractivity contribution in [3.63, 3.8) is 0 Å². The summed E-state index contributed by atoms with van der Waals surface area (Å²) in [5.41, 5.74) is 3.59. The van der Waals surface area contributed by atoms with E-state index >= 15 is 0 Å². The van der Waals surface area contributed by atoms with Crippen LogP contribution in [0.5, 0.6) is 11.5 Å². The number of aryl methyl sites for hydroxylation is 1. The van der Waals surface area contributed by atoms with Crippen LogP contribution in [0.2, 0.25) is 0 Å². The number of hydrogen-bond donors (Lipinski definition) is 2. The number of fused-ring (bicyclic) bond motifs is 2. The Morgan fingerprint density at radius 1 is 1.12 bits per heavy atom. The van der Waals surface area contributed by atoms with E-state index in [1.165, 1.54) is 7.11 Å². The summed E-state index contributed by atoms with van der Waals surface area (Å²) >= 11 is 0. The Morgan fingerprint density at radius 2 is 1.97 bits per heavy atom.